The highest BCUT2D eigenvalue weighted by Crippen LogP contribution is 2.44. The predicted molar refractivity (Wildman–Crippen MR) is 125 cm³/mol. The van der Waals surface area contributed by atoms with E-state index >= 15 is 0 Å². The van der Waals surface area contributed by atoms with Crippen LogP contribution in [0.1, 0.15) is 36.8 Å². The smallest absolute Gasteiger partial charge is 0.408 e. The van der Waals surface area contributed by atoms with Crippen LogP contribution in [-0.2, 0) is 19.1 Å². The summed E-state index contributed by atoms with van der Waals surface area (Å²) in [6, 6.07) is 16.1. The number of carbonyl (C=O) groups excluding carboxylic acids is 2. The lowest BCUT2D eigenvalue weighted by Gasteiger charge is -2.38. The maximum absolute atomic E-state index is 13.3. The average Bonchev–Trinajstić information content (AvgIpc) is 3.16. The van der Waals surface area contributed by atoms with Crippen molar-refractivity contribution in [1.82, 2.24) is 10.2 Å². The molecule has 1 aliphatic heterocycles. The second-order valence-corrected chi connectivity index (χ2v) is 9.14. The molecule has 0 saturated carbocycles. The van der Waals surface area contributed by atoms with Gasteiger partial charge in [-0.1, -0.05) is 48.5 Å². The fraction of sp³-hybridized carbons (Fsp3) is 0.423. The maximum Gasteiger partial charge on any atom is 0.408 e. The van der Waals surface area contributed by atoms with Crippen LogP contribution in [0, 0.1) is 5.92 Å². The molecule has 0 radical (unpaired) electrons. The van der Waals surface area contributed by atoms with Gasteiger partial charge in [0.15, 0.2) is 0 Å². The lowest BCUT2D eigenvalue weighted by atomic mass is 9.94. The van der Waals surface area contributed by atoms with Crippen LogP contribution in [0.3, 0.4) is 0 Å². The molecule has 0 aromatic heterocycles. The Morgan fingerprint density at radius 3 is 2.29 bits per heavy atom. The number of methoxy groups -OCH3 is 1. The predicted octanol–water partition coefficient (Wildman–Crippen LogP) is 3.25. The van der Waals surface area contributed by atoms with E-state index in [1.54, 1.807) is 6.92 Å². The summed E-state index contributed by atoms with van der Waals surface area (Å²) in [6.07, 6.45) is 0.401. The summed E-state index contributed by atoms with van der Waals surface area (Å²) >= 11 is 0. The van der Waals surface area contributed by atoms with Crippen molar-refractivity contribution in [3.63, 3.8) is 0 Å². The number of piperidine rings is 1. The number of carbonyl (C=O) groups is 3. The lowest BCUT2D eigenvalue weighted by molar-refractivity contribution is -0.148. The monoisotopic (exact) mass is 466 g/mol. The number of aliphatic carboxylic acids is 1. The maximum atomic E-state index is 13.3. The van der Waals surface area contributed by atoms with E-state index in [1.807, 2.05) is 36.4 Å². The molecule has 2 aliphatic rings. The SMILES string of the molecule is COCC(C)(NC(=O)OCC1c2ccccc2-c2ccccc21)C(=O)N1CCC[C@H](C(=O)O)C1. The van der Waals surface area contributed by atoms with Crippen molar-refractivity contribution >= 4 is 18.0 Å². The molecule has 34 heavy (non-hydrogen) atoms. The molecular formula is C26H30N2O6. The highest BCUT2D eigenvalue weighted by molar-refractivity contribution is 5.90. The number of amides is 2. The molecular weight excluding hydrogens is 436 g/mol. The van der Waals surface area contributed by atoms with E-state index in [0.29, 0.717) is 19.4 Å². The van der Waals surface area contributed by atoms with Crippen LogP contribution in [0.5, 0.6) is 0 Å². The van der Waals surface area contributed by atoms with Crippen molar-refractivity contribution in [1.29, 1.82) is 0 Å². The molecule has 2 aromatic rings. The number of likely N-dealkylation sites (tertiary alicyclic amines) is 1. The van der Waals surface area contributed by atoms with Crippen LogP contribution in [-0.4, -0.2) is 66.9 Å². The molecule has 8 nitrogen and oxygen atoms in total. The summed E-state index contributed by atoms with van der Waals surface area (Å²) in [5.74, 6) is -2.01. The first kappa shape index (κ1) is 23.8. The first-order valence-electron chi connectivity index (χ1n) is 11.5. The van der Waals surface area contributed by atoms with Crippen molar-refractivity contribution in [3.05, 3.63) is 59.7 Å². The molecule has 1 fully saturated rings. The van der Waals surface area contributed by atoms with Gasteiger partial charge >= 0.3 is 12.1 Å². The molecule has 4 rings (SSSR count). The third-order valence-corrected chi connectivity index (χ3v) is 6.68. The molecule has 180 valence electrons. The minimum Gasteiger partial charge on any atom is -0.481 e. The number of rotatable bonds is 7. The molecule has 1 aliphatic carbocycles. The zero-order valence-corrected chi connectivity index (χ0v) is 19.5. The fourth-order valence-electron chi connectivity index (χ4n) is 5.01. The Labute approximate surface area is 198 Å². The number of fused-ring (bicyclic) bond motifs is 3. The van der Waals surface area contributed by atoms with Gasteiger partial charge in [-0.15, -0.1) is 0 Å². The molecule has 0 spiro atoms. The first-order chi connectivity index (χ1) is 16.3. The van der Waals surface area contributed by atoms with Crippen LogP contribution in [0.25, 0.3) is 11.1 Å². The van der Waals surface area contributed by atoms with Crippen molar-refractivity contribution in [2.75, 3.05) is 33.4 Å². The molecule has 2 aromatic carbocycles. The molecule has 2 N–H and O–H groups in total. The second-order valence-electron chi connectivity index (χ2n) is 9.14. The van der Waals surface area contributed by atoms with E-state index in [4.69, 9.17) is 9.47 Å². The number of nitrogens with one attached hydrogen (secondary N) is 1. The van der Waals surface area contributed by atoms with Crippen LogP contribution in [0.4, 0.5) is 4.79 Å². The summed E-state index contributed by atoms with van der Waals surface area (Å²) in [5.41, 5.74) is 3.08. The van der Waals surface area contributed by atoms with E-state index in [0.717, 1.165) is 22.3 Å². The van der Waals surface area contributed by atoms with E-state index in [1.165, 1.54) is 12.0 Å². The summed E-state index contributed by atoms with van der Waals surface area (Å²) in [5, 5.41) is 12.0. The normalized spacial score (nSPS) is 19.0. The van der Waals surface area contributed by atoms with Gasteiger partial charge in [0.05, 0.1) is 12.5 Å². The van der Waals surface area contributed by atoms with Crippen molar-refractivity contribution in [2.45, 2.75) is 31.2 Å². The Morgan fingerprint density at radius 1 is 1.09 bits per heavy atom. The van der Waals surface area contributed by atoms with Crippen LogP contribution in [0.2, 0.25) is 0 Å². The third kappa shape index (κ3) is 4.63. The topological polar surface area (TPSA) is 105 Å². The standard InChI is InChI=1S/C26H30N2O6/c1-26(16-33-2,24(31)28-13-7-8-17(14-28)23(29)30)27-25(32)34-15-22-20-11-5-3-9-18(20)19-10-4-6-12-21(19)22/h3-6,9-12,17,22H,7-8,13-16H2,1-2H3,(H,27,32)(H,29,30)/t17-,26?/m0/s1. The molecule has 8 heteroatoms. The van der Waals surface area contributed by atoms with Gasteiger partial charge in [0, 0.05) is 26.1 Å². The number of hydrogen-bond donors (Lipinski definition) is 2. The second kappa shape index (κ2) is 9.85. The van der Waals surface area contributed by atoms with E-state index in [2.05, 4.69) is 17.4 Å². The van der Waals surface area contributed by atoms with Gasteiger partial charge < -0.3 is 24.8 Å². The number of hydrogen-bond acceptors (Lipinski definition) is 5. The lowest BCUT2D eigenvalue weighted by Crippen LogP contribution is -2.62. The molecule has 1 heterocycles. The number of benzene rings is 2. The zero-order valence-electron chi connectivity index (χ0n) is 19.5. The van der Waals surface area contributed by atoms with Crippen LogP contribution in [0.15, 0.2) is 48.5 Å². The number of carboxylic acids is 1. The van der Waals surface area contributed by atoms with Gasteiger partial charge in [-0.3, -0.25) is 9.59 Å². The Morgan fingerprint density at radius 2 is 1.71 bits per heavy atom. The van der Waals surface area contributed by atoms with Crippen LogP contribution < -0.4 is 5.32 Å². The van der Waals surface area contributed by atoms with Crippen molar-refractivity contribution in [2.24, 2.45) is 5.92 Å². The summed E-state index contributed by atoms with van der Waals surface area (Å²) in [6.45, 7) is 2.19. The van der Waals surface area contributed by atoms with Crippen LogP contribution >= 0.6 is 0 Å². The van der Waals surface area contributed by atoms with Crippen molar-refractivity contribution in [3.8, 4) is 11.1 Å². The highest BCUT2D eigenvalue weighted by atomic mass is 16.5. The van der Waals surface area contributed by atoms with Gasteiger partial charge in [-0.25, -0.2) is 4.79 Å². The van der Waals surface area contributed by atoms with E-state index < -0.39 is 23.5 Å². The summed E-state index contributed by atoms with van der Waals surface area (Å²) in [4.78, 5) is 39.0. The average molecular weight is 467 g/mol. The molecule has 1 saturated heterocycles. The summed E-state index contributed by atoms with van der Waals surface area (Å²) in [7, 11) is 1.45. The minimum atomic E-state index is -1.38. The van der Waals surface area contributed by atoms with E-state index in [-0.39, 0.29) is 31.6 Å². The highest BCUT2D eigenvalue weighted by Gasteiger charge is 2.41. The van der Waals surface area contributed by atoms with Gasteiger partial charge in [0.1, 0.15) is 12.1 Å². The Balaban J connectivity index is 1.44. The molecule has 0 bridgehead atoms. The van der Waals surface area contributed by atoms with Gasteiger partial charge in [0.2, 0.25) is 0 Å². The quantitative estimate of drug-likeness (QED) is 0.649. The number of carboxylic acid groups (broad SMARTS) is 1. The molecule has 1 unspecified atom stereocenters. The fourth-order valence-corrected chi connectivity index (χ4v) is 5.01. The van der Waals surface area contributed by atoms with Gasteiger partial charge in [-0.05, 0) is 42.0 Å². The van der Waals surface area contributed by atoms with Gasteiger partial charge in [-0.2, -0.15) is 0 Å². The zero-order chi connectivity index (χ0) is 24.3. The Bertz CT molecular complexity index is 1040. The van der Waals surface area contributed by atoms with E-state index in [9.17, 15) is 19.5 Å². The summed E-state index contributed by atoms with van der Waals surface area (Å²) < 4.78 is 10.8. The van der Waals surface area contributed by atoms with Gasteiger partial charge in [0.25, 0.3) is 5.91 Å². The number of alkyl carbamates (subject to hydrolysis) is 1. The largest absolute Gasteiger partial charge is 0.481 e. The molecule has 2 atom stereocenters. The Kier molecular flexibility index (Phi) is 6.88. The number of nitrogens with zero attached hydrogens (tertiary/aromatic N) is 1. The first-order valence-corrected chi connectivity index (χ1v) is 11.5. The Hall–Kier alpha value is -3.39. The minimum absolute atomic E-state index is 0.0652. The van der Waals surface area contributed by atoms with Crippen molar-refractivity contribution < 1.29 is 29.0 Å². The molecule has 2 amide bonds. The third-order valence-electron chi connectivity index (χ3n) is 6.68. The number of ether oxygens (including phenoxy) is 2.